The van der Waals surface area contributed by atoms with Crippen molar-refractivity contribution in [2.24, 2.45) is 0 Å². The Morgan fingerprint density at radius 1 is 1.04 bits per heavy atom. The van der Waals surface area contributed by atoms with Crippen LogP contribution in [0.3, 0.4) is 0 Å². The number of nitrogens with zero attached hydrogens (tertiary/aromatic N) is 1. The minimum Gasteiger partial charge on any atom is -0.361 e. The summed E-state index contributed by atoms with van der Waals surface area (Å²) in [4.78, 5) is 2.20. The van der Waals surface area contributed by atoms with Gasteiger partial charge in [-0.05, 0) is 69.0 Å². The average Bonchev–Trinajstić information content (AvgIpc) is 2.47. The summed E-state index contributed by atoms with van der Waals surface area (Å²) < 4.78 is 0. The lowest BCUT2D eigenvalue weighted by Crippen LogP contribution is -2.36. The highest BCUT2D eigenvalue weighted by atomic mass is 32.1. The Hall–Kier alpha value is -1.91. The third-order valence-corrected chi connectivity index (χ3v) is 3.99. The van der Waals surface area contributed by atoms with Crippen molar-refractivity contribution in [3.8, 4) is 0 Å². The van der Waals surface area contributed by atoms with E-state index in [4.69, 9.17) is 12.2 Å². The second-order valence-corrected chi connectivity index (χ2v) is 6.51. The molecule has 0 saturated heterocycles. The van der Waals surface area contributed by atoms with E-state index in [-0.39, 0.29) is 6.04 Å². The maximum atomic E-state index is 5.44. The van der Waals surface area contributed by atoms with E-state index in [2.05, 4.69) is 85.9 Å². The van der Waals surface area contributed by atoms with E-state index < -0.39 is 0 Å². The first kappa shape index (κ1) is 17.4. The number of benzene rings is 2. The van der Waals surface area contributed by atoms with Crippen molar-refractivity contribution < 1.29 is 0 Å². The molecule has 1 atom stereocenters. The van der Waals surface area contributed by atoms with E-state index in [9.17, 15) is 0 Å². The number of hydrogen-bond donors (Lipinski definition) is 2. The third-order valence-electron chi connectivity index (χ3n) is 3.74. The van der Waals surface area contributed by atoms with Crippen molar-refractivity contribution in [2.45, 2.75) is 19.9 Å². The predicted octanol–water partition coefficient (Wildman–Crippen LogP) is 3.89. The molecule has 0 fully saturated rings. The van der Waals surface area contributed by atoms with Gasteiger partial charge in [0.15, 0.2) is 5.11 Å². The molecule has 0 radical (unpaired) electrons. The summed E-state index contributed by atoms with van der Waals surface area (Å²) in [7, 11) is 4.17. The molecule has 0 saturated carbocycles. The Morgan fingerprint density at radius 2 is 1.65 bits per heavy atom. The van der Waals surface area contributed by atoms with Crippen LogP contribution in [0.1, 0.15) is 22.7 Å². The lowest BCUT2D eigenvalue weighted by Gasteiger charge is -2.25. The molecule has 3 nitrogen and oxygen atoms in total. The van der Waals surface area contributed by atoms with Crippen molar-refractivity contribution >= 4 is 23.0 Å². The van der Waals surface area contributed by atoms with Crippen LogP contribution >= 0.6 is 12.2 Å². The normalized spacial score (nSPS) is 12.0. The number of hydrogen-bond acceptors (Lipinski definition) is 2. The second-order valence-electron chi connectivity index (χ2n) is 6.10. The van der Waals surface area contributed by atoms with Crippen molar-refractivity contribution in [1.82, 2.24) is 10.2 Å². The van der Waals surface area contributed by atoms with E-state index in [1.807, 2.05) is 6.07 Å². The van der Waals surface area contributed by atoms with Gasteiger partial charge in [0.25, 0.3) is 0 Å². The highest BCUT2D eigenvalue weighted by Crippen LogP contribution is 2.17. The van der Waals surface area contributed by atoms with Gasteiger partial charge in [0.05, 0.1) is 6.04 Å². The summed E-state index contributed by atoms with van der Waals surface area (Å²) >= 11 is 5.44. The van der Waals surface area contributed by atoms with Crippen LogP contribution in [0.4, 0.5) is 5.69 Å². The molecule has 4 heteroatoms. The predicted molar refractivity (Wildman–Crippen MR) is 103 cm³/mol. The summed E-state index contributed by atoms with van der Waals surface area (Å²) in [5.41, 5.74) is 4.76. The first-order valence-electron chi connectivity index (χ1n) is 7.80. The Kier molecular flexibility index (Phi) is 6.13. The SMILES string of the molecule is Cc1cc(C)cc(NC(=S)NC[C@@H](c2ccccc2)N(C)C)c1. The van der Waals surface area contributed by atoms with Gasteiger partial charge in [-0.2, -0.15) is 0 Å². The Bertz CT molecular complexity index is 633. The number of anilines is 1. The van der Waals surface area contributed by atoms with E-state index in [1.54, 1.807) is 0 Å². The average molecular weight is 327 g/mol. The zero-order valence-corrected chi connectivity index (χ0v) is 15.1. The van der Waals surface area contributed by atoms with Gasteiger partial charge in [-0.3, -0.25) is 0 Å². The molecule has 0 aromatic heterocycles. The van der Waals surface area contributed by atoms with E-state index in [0.29, 0.717) is 5.11 Å². The summed E-state index contributed by atoms with van der Waals surface area (Å²) in [5, 5.41) is 7.25. The summed E-state index contributed by atoms with van der Waals surface area (Å²) in [6.45, 7) is 4.94. The van der Waals surface area contributed by atoms with Gasteiger partial charge < -0.3 is 15.5 Å². The van der Waals surface area contributed by atoms with Gasteiger partial charge in [-0.1, -0.05) is 36.4 Å². The first-order valence-corrected chi connectivity index (χ1v) is 8.21. The molecular formula is C19H25N3S. The van der Waals surface area contributed by atoms with Crippen LogP contribution in [0.15, 0.2) is 48.5 Å². The van der Waals surface area contributed by atoms with Crippen molar-refractivity contribution in [3.63, 3.8) is 0 Å². The van der Waals surface area contributed by atoms with Crippen LogP contribution in [-0.4, -0.2) is 30.7 Å². The van der Waals surface area contributed by atoms with Gasteiger partial charge in [0, 0.05) is 12.2 Å². The molecule has 0 amide bonds. The van der Waals surface area contributed by atoms with Crippen LogP contribution in [0.2, 0.25) is 0 Å². The first-order chi connectivity index (χ1) is 11.0. The molecule has 23 heavy (non-hydrogen) atoms. The van der Waals surface area contributed by atoms with Crippen molar-refractivity contribution in [3.05, 3.63) is 65.2 Å². The smallest absolute Gasteiger partial charge is 0.170 e. The van der Waals surface area contributed by atoms with Crippen molar-refractivity contribution in [1.29, 1.82) is 0 Å². The third kappa shape index (κ3) is 5.34. The van der Waals surface area contributed by atoms with Crippen LogP contribution < -0.4 is 10.6 Å². The van der Waals surface area contributed by atoms with Gasteiger partial charge in [0.1, 0.15) is 0 Å². The van der Waals surface area contributed by atoms with Crippen LogP contribution in [-0.2, 0) is 0 Å². The lowest BCUT2D eigenvalue weighted by molar-refractivity contribution is 0.299. The van der Waals surface area contributed by atoms with Gasteiger partial charge >= 0.3 is 0 Å². The van der Waals surface area contributed by atoms with Gasteiger partial charge in [-0.25, -0.2) is 0 Å². The molecule has 0 spiro atoms. The molecule has 122 valence electrons. The number of aryl methyl sites for hydroxylation is 2. The maximum Gasteiger partial charge on any atom is 0.170 e. The highest BCUT2D eigenvalue weighted by Gasteiger charge is 2.14. The largest absolute Gasteiger partial charge is 0.361 e. The standard InChI is InChI=1S/C19H25N3S/c1-14-10-15(2)12-17(11-14)21-19(23)20-13-18(22(3)4)16-8-6-5-7-9-16/h5-12,18H,13H2,1-4H3,(H2,20,21,23)/t18-/m0/s1. The van der Waals surface area contributed by atoms with Gasteiger partial charge in [0.2, 0.25) is 0 Å². The van der Waals surface area contributed by atoms with Crippen LogP contribution in [0.25, 0.3) is 0 Å². The zero-order valence-electron chi connectivity index (χ0n) is 14.3. The minimum absolute atomic E-state index is 0.273. The molecule has 0 unspecified atom stereocenters. The number of likely N-dealkylation sites (N-methyl/N-ethyl adjacent to an activating group) is 1. The number of thiocarbonyl (C=S) groups is 1. The maximum absolute atomic E-state index is 5.44. The summed E-state index contributed by atoms with van der Waals surface area (Å²) in [5.74, 6) is 0. The Morgan fingerprint density at radius 3 is 2.22 bits per heavy atom. The highest BCUT2D eigenvalue weighted by molar-refractivity contribution is 7.80. The minimum atomic E-state index is 0.273. The summed E-state index contributed by atoms with van der Waals surface area (Å²) in [6, 6.07) is 17.1. The molecule has 2 aromatic carbocycles. The molecule has 2 N–H and O–H groups in total. The fourth-order valence-corrected chi connectivity index (χ4v) is 2.89. The van der Waals surface area contributed by atoms with E-state index in [0.717, 1.165) is 12.2 Å². The Balaban J connectivity index is 1.96. The molecule has 0 aliphatic carbocycles. The molecule has 2 aromatic rings. The molecule has 0 heterocycles. The van der Waals surface area contributed by atoms with Crippen LogP contribution in [0.5, 0.6) is 0 Å². The number of rotatable bonds is 5. The quantitative estimate of drug-likeness (QED) is 0.815. The fourth-order valence-electron chi connectivity index (χ4n) is 2.69. The zero-order chi connectivity index (χ0) is 16.8. The topological polar surface area (TPSA) is 27.3 Å². The number of nitrogens with one attached hydrogen (secondary N) is 2. The molecule has 0 aliphatic heterocycles. The molecular weight excluding hydrogens is 302 g/mol. The molecule has 0 bridgehead atoms. The molecule has 2 rings (SSSR count). The second kappa shape index (κ2) is 8.09. The fraction of sp³-hybridized carbons (Fsp3) is 0.316. The van der Waals surface area contributed by atoms with E-state index in [1.165, 1.54) is 16.7 Å². The Labute approximate surface area is 144 Å². The van der Waals surface area contributed by atoms with Gasteiger partial charge in [-0.15, -0.1) is 0 Å². The van der Waals surface area contributed by atoms with Crippen molar-refractivity contribution in [2.75, 3.05) is 26.0 Å². The molecule has 0 aliphatic rings. The van der Waals surface area contributed by atoms with Crippen LogP contribution in [0, 0.1) is 13.8 Å². The lowest BCUT2D eigenvalue weighted by atomic mass is 10.1. The van der Waals surface area contributed by atoms with E-state index >= 15 is 0 Å². The summed E-state index contributed by atoms with van der Waals surface area (Å²) in [6.07, 6.45) is 0. The monoisotopic (exact) mass is 327 g/mol.